The Balaban J connectivity index is 2.22. The third-order valence-corrected chi connectivity index (χ3v) is 3.16. The van der Waals surface area contributed by atoms with Gasteiger partial charge in [0.2, 0.25) is 0 Å². The first-order chi connectivity index (χ1) is 6.99. The lowest BCUT2D eigenvalue weighted by molar-refractivity contribution is -0.187. The summed E-state index contributed by atoms with van der Waals surface area (Å²) in [6.45, 7) is 10.8. The van der Waals surface area contributed by atoms with E-state index in [0.29, 0.717) is 12.2 Å². The van der Waals surface area contributed by atoms with Crippen LogP contribution in [-0.2, 0) is 14.3 Å². The van der Waals surface area contributed by atoms with E-state index in [1.165, 1.54) is 0 Å². The van der Waals surface area contributed by atoms with Crippen molar-refractivity contribution in [2.75, 3.05) is 13.2 Å². The number of esters is 1. The summed E-state index contributed by atoms with van der Waals surface area (Å²) in [5.41, 5.74) is 0.720. The normalized spacial score (nSPS) is 29.4. The molecule has 1 saturated heterocycles. The van der Waals surface area contributed by atoms with Crippen molar-refractivity contribution in [3.8, 4) is 0 Å². The molecular weight excluding hydrogens is 192 g/mol. The quantitative estimate of drug-likeness (QED) is 0.518. The lowest BCUT2D eigenvalue weighted by Crippen LogP contribution is -2.49. The second-order valence-corrected chi connectivity index (χ2v) is 4.51. The first kappa shape index (κ1) is 12.2. The second kappa shape index (κ2) is 4.79. The van der Waals surface area contributed by atoms with Gasteiger partial charge in [0.25, 0.3) is 0 Å². The summed E-state index contributed by atoms with van der Waals surface area (Å²) < 4.78 is 10.5. The van der Waals surface area contributed by atoms with Gasteiger partial charge in [0.1, 0.15) is 0 Å². The van der Waals surface area contributed by atoms with Gasteiger partial charge < -0.3 is 9.47 Å². The molecule has 0 radical (unpaired) electrons. The first-order valence-corrected chi connectivity index (χ1v) is 5.44. The maximum atomic E-state index is 11.1. The summed E-state index contributed by atoms with van der Waals surface area (Å²) in [5.74, 6) is -0.312. The Bertz CT molecular complexity index is 256. The first-order valence-electron chi connectivity index (χ1n) is 5.44. The standard InChI is InChI=1S/C12H20O3/c1-5-12(4)8-15-10(12)6-7-14-11(13)9(2)3/h10H,2,5-8H2,1,3-4H3. The fraction of sp³-hybridized carbons (Fsp3) is 0.750. The maximum absolute atomic E-state index is 11.1. The molecule has 0 saturated carbocycles. The fourth-order valence-electron chi connectivity index (χ4n) is 1.63. The van der Waals surface area contributed by atoms with Crippen molar-refractivity contribution in [2.24, 2.45) is 5.41 Å². The van der Waals surface area contributed by atoms with E-state index in [-0.39, 0.29) is 17.5 Å². The fourth-order valence-corrected chi connectivity index (χ4v) is 1.63. The van der Waals surface area contributed by atoms with Gasteiger partial charge in [0, 0.05) is 17.4 Å². The van der Waals surface area contributed by atoms with Crippen LogP contribution >= 0.6 is 0 Å². The predicted octanol–water partition coefficient (Wildman–Crippen LogP) is 2.31. The van der Waals surface area contributed by atoms with Crippen LogP contribution in [0.25, 0.3) is 0 Å². The Morgan fingerprint density at radius 3 is 2.73 bits per heavy atom. The van der Waals surface area contributed by atoms with Gasteiger partial charge in [-0.2, -0.15) is 0 Å². The van der Waals surface area contributed by atoms with Crippen molar-refractivity contribution < 1.29 is 14.3 Å². The van der Waals surface area contributed by atoms with Crippen LogP contribution in [0.3, 0.4) is 0 Å². The topological polar surface area (TPSA) is 35.5 Å². The summed E-state index contributed by atoms with van der Waals surface area (Å²) >= 11 is 0. The molecule has 3 nitrogen and oxygen atoms in total. The van der Waals surface area contributed by atoms with Crippen LogP contribution in [0.2, 0.25) is 0 Å². The van der Waals surface area contributed by atoms with Crippen molar-refractivity contribution in [1.29, 1.82) is 0 Å². The summed E-state index contributed by atoms with van der Waals surface area (Å²) in [6.07, 6.45) is 2.12. The average Bonchev–Trinajstić information content (AvgIpc) is 2.20. The monoisotopic (exact) mass is 212 g/mol. The third kappa shape index (κ3) is 2.81. The van der Waals surface area contributed by atoms with E-state index < -0.39 is 0 Å². The molecule has 0 aromatic heterocycles. The zero-order valence-corrected chi connectivity index (χ0v) is 9.84. The Kier molecular flexibility index (Phi) is 3.91. The van der Waals surface area contributed by atoms with Gasteiger partial charge in [-0.3, -0.25) is 0 Å². The summed E-state index contributed by atoms with van der Waals surface area (Å²) in [6, 6.07) is 0. The smallest absolute Gasteiger partial charge is 0.333 e. The highest BCUT2D eigenvalue weighted by Gasteiger charge is 2.42. The van der Waals surface area contributed by atoms with Crippen molar-refractivity contribution in [3.63, 3.8) is 0 Å². The molecule has 0 aliphatic carbocycles. The van der Waals surface area contributed by atoms with Gasteiger partial charge in [-0.25, -0.2) is 4.79 Å². The molecule has 0 spiro atoms. The third-order valence-electron chi connectivity index (χ3n) is 3.16. The Morgan fingerprint density at radius 2 is 2.33 bits per heavy atom. The van der Waals surface area contributed by atoms with Gasteiger partial charge >= 0.3 is 5.97 Å². The zero-order valence-electron chi connectivity index (χ0n) is 9.84. The molecule has 1 rings (SSSR count). The Labute approximate surface area is 91.4 Å². The maximum Gasteiger partial charge on any atom is 0.333 e. The number of hydrogen-bond donors (Lipinski definition) is 0. The highest BCUT2D eigenvalue weighted by Crippen LogP contribution is 2.39. The summed E-state index contributed by atoms with van der Waals surface area (Å²) in [5, 5.41) is 0. The summed E-state index contributed by atoms with van der Waals surface area (Å²) in [4.78, 5) is 11.1. The minimum Gasteiger partial charge on any atom is -0.462 e. The highest BCUT2D eigenvalue weighted by molar-refractivity contribution is 5.86. The molecule has 1 aliphatic rings. The molecule has 1 aliphatic heterocycles. The Hall–Kier alpha value is -0.830. The van der Waals surface area contributed by atoms with E-state index in [2.05, 4.69) is 20.4 Å². The van der Waals surface area contributed by atoms with Gasteiger partial charge in [0.05, 0.1) is 19.3 Å². The number of rotatable bonds is 5. The molecule has 2 atom stereocenters. The van der Waals surface area contributed by atoms with E-state index in [1.807, 2.05) is 0 Å². The number of carbonyl (C=O) groups excluding carboxylic acids is 1. The molecule has 3 heteroatoms. The molecule has 0 amide bonds. The highest BCUT2D eigenvalue weighted by atomic mass is 16.5. The minimum atomic E-state index is -0.312. The van der Waals surface area contributed by atoms with Gasteiger partial charge in [-0.1, -0.05) is 20.4 Å². The molecule has 0 bridgehead atoms. The van der Waals surface area contributed by atoms with Crippen LogP contribution in [0.5, 0.6) is 0 Å². The van der Waals surface area contributed by atoms with Crippen LogP contribution in [0.15, 0.2) is 12.2 Å². The molecule has 0 N–H and O–H groups in total. The van der Waals surface area contributed by atoms with Crippen molar-refractivity contribution >= 4 is 5.97 Å². The molecule has 86 valence electrons. The number of hydrogen-bond acceptors (Lipinski definition) is 3. The number of ether oxygens (including phenoxy) is 2. The van der Waals surface area contributed by atoms with Crippen LogP contribution in [-0.4, -0.2) is 25.3 Å². The van der Waals surface area contributed by atoms with E-state index in [0.717, 1.165) is 19.4 Å². The van der Waals surface area contributed by atoms with E-state index in [1.54, 1.807) is 6.92 Å². The van der Waals surface area contributed by atoms with Crippen LogP contribution in [0.1, 0.15) is 33.6 Å². The molecule has 1 heterocycles. The van der Waals surface area contributed by atoms with Crippen molar-refractivity contribution in [3.05, 3.63) is 12.2 Å². The molecule has 1 fully saturated rings. The second-order valence-electron chi connectivity index (χ2n) is 4.51. The molecule has 0 aromatic rings. The predicted molar refractivity (Wildman–Crippen MR) is 58.5 cm³/mol. The summed E-state index contributed by atoms with van der Waals surface area (Å²) in [7, 11) is 0. The zero-order chi connectivity index (χ0) is 11.5. The van der Waals surface area contributed by atoms with Crippen LogP contribution < -0.4 is 0 Å². The molecule has 0 aromatic carbocycles. The SMILES string of the molecule is C=C(C)C(=O)OCCC1OCC1(C)CC. The molecule has 2 unspecified atom stereocenters. The van der Waals surface area contributed by atoms with Crippen LogP contribution in [0, 0.1) is 5.41 Å². The largest absolute Gasteiger partial charge is 0.462 e. The van der Waals surface area contributed by atoms with E-state index in [4.69, 9.17) is 9.47 Å². The molecular formula is C12H20O3. The number of carbonyl (C=O) groups is 1. The van der Waals surface area contributed by atoms with Crippen LogP contribution in [0.4, 0.5) is 0 Å². The average molecular weight is 212 g/mol. The van der Waals surface area contributed by atoms with Crippen molar-refractivity contribution in [2.45, 2.75) is 39.7 Å². The van der Waals surface area contributed by atoms with Gasteiger partial charge in [0.15, 0.2) is 0 Å². The minimum absolute atomic E-state index is 0.237. The van der Waals surface area contributed by atoms with Gasteiger partial charge in [-0.15, -0.1) is 0 Å². The van der Waals surface area contributed by atoms with E-state index in [9.17, 15) is 4.79 Å². The van der Waals surface area contributed by atoms with E-state index >= 15 is 0 Å². The molecule has 15 heavy (non-hydrogen) atoms. The Morgan fingerprint density at radius 1 is 1.67 bits per heavy atom. The van der Waals surface area contributed by atoms with Crippen molar-refractivity contribution in [1.82, 2.24) is 0 Å². The lowest BCUT2D eigenvalue weighted by Gasteiger charge is -2.46. The van der Waals surface area contributed by atoms with Gasteiger partial charge in [-0.05, 0) is 13.3 Å². The lowest BCUT2D eigenvalue weighted by atomic mass is 9.76.